The lowest BCUT2D eigenvalue weighted by molar-refractivity contribution is 0.102. The van der Waals surface area contributed by atoms with Crippen LogP contribution in [0.2, 0.25) is 0 Å². The van der Waals surface area contributed by atoms with E-state index in [9.17, 15) is 19.8 Å². The summed E-state index contributed by atoms with van der Waals surface area (Å²) in [7, 11) is 0. The number of carbonyl (C=O) groups excluding carboxylic acids is 1. The number of nitrogens with zero attached hydrogens (tertiary/aromatic N) is 2. The maximum atomic E-state index is 13.3. The number of fused-ring (bicyclic) bond motifs is 1. The smallest absolute Gasteiger partial charge is 0.262 e. The first-order valence-corrected chi connectivity index (χ1v) is 12.0. The summed E-state index contributed by atoms with van der Waals surface area (Å²) in [5, 5.41) is 20.2. The van der Waals surface area contributed by atoms with Crippen LogP contribution < -0.4 is 5.56 Å². The van der Waals surface area contributed by atoms with Gasteiger partial charge in [0.05, 0.1) is 11.1 Å². The molecule has 0 atom stereocenters. The molecule has 0 aliphatic rings. The van der Waals surface area contributed by atoms with Crippen molar-refractivity contribution in [3.05, 3.63) is 81.0 Å². The van der Waals surface area contributed by atoms with E-state index in [-0.39, 0.29) is 34.2 Å². The van der Waals surface area contributed by atoms with Gasteiger partial charge >= 0.3 is 0 Å². The molecule has 0 unspecified atom stereocenters. The highest BCUT2D eigenvalue weighted by molar-refractivity contribution is 7.99. The molecule has 164 valence electrons. The molecule has 4 rings (SSSR count). The molecule has 0 saturated carbocycles. The van der Waals surface area contributed by atoms with Crippen LogP contribution in [-0.4, -0.2) is 31.3 Å². The molecule has 4 aromatic rings. The van der Waals surface area contributed by atoms with Crippen molar-refractivity contribution in [2.45, 2.75) is 31.5 Å². The zero-order chi connectivity index (χ0) is 22.7. The van der Waals surface area contributed by atoms with Gasteiger partial charge in [-0.15, -0.1) is 11.3 Å². The van der Waals surface area contributed by atoms with Gasteiger partial charge in [-0.25, -0.2) is 4.98 Å². The van der Waals surface area contributed by atoms with E-state index in [1.165, 1.54) is 41.3 Å². The third-order valence-corrected chi connectivity index (χ3v) is 7.26. The summed E-state index contributed by atoms with van der Waals surface area (Å²) < 4.78 is 1.65. The second-order valence-corrected chi connectivity index (χ2v) is 9.34. The summed E-state index contributed by atoms with van der Waals surface area (Å²) in [4.78, 5) is 32.4. The van der Waals surface area contributed by atoms with Crippen molar-refractivity contribution in [1.29, 1.82) is 0 Å². The highest BCUT2D eigenvalue weighted by Gasteiger charge is 2.17. The molecule has 0 fully saturated rings. The molecule has 0 aliphatic carbocycles. The predicted octanol–water partition coefficient (Wildman–Crippen LogP) is 4.65. The number of phenols is 2. The lowest BCUT2D eigenvalue weighted by Crippen LogP contribution is -2.24. The van der Waals surface area contributed by atoms with E-state index in [4.69, 9.17) is 4.98 Å². The van der Waals surface area contributed by atoms with Gasteiger partial charge in [-0.1, -0.05) is 49.0 Å². The third-order valence-electron chi connectivity index (χ3n) is 5.11. The van der Waals surface area contributed by atoms with Crippen LogP contribution in [0.5, 0.6) is 11.5 Å². The highest BCUT2D eigenvalue weighted by atomic mass is 32.2. The minimum atomic E-state index is -0.342. The first-order valence-electron chi connectivity index (χ1n) is 10.2. The van der Waals surface area contributed by atoms with Crippen molar-refractivity contribution in [1.82, 2.24) is 9.55 Å². The molecule has 0 aliphatic heterocycles. The number of Topliss-reactive ketones (excluding diaryl/α,β-unsaturated/α-hetero) is 1. The Morgan fingerprint density at radius 3 is 2.59 bits per heavy atom. The molecule has 2 aromatic carbocycles. The van der Waals surface area contributed by atoms with Gasteiger partial charge < -0.3 is 10.2 Å². The van der Waals surface area contributed by atoms with Crippen molar-refractivity contribution < 1.29 is 15.0 Å². The Labute approximate surface area is 193 Å². The van der Waals surface area contributed by atoms with Crippen LogP contribution in [0.15, 0.2) is 64.5 Å². The van der Waals surface area contributed by atoms with E-state index in [1.54, 1.807) is 4.57 Å². The summed E-state index contributed by atoms with van der Waals surface area (Å²) in [5.74, 6) is -0.791. The van der Waals surface area contributed by atoms with E-state index in [2.05, 4.69) is 0 Å². The number of carbonyl (C=O) groups is 1. The molecule has 32 heavy (non-hydrogen) atoms. The fourth-order valence-corrected chi connectivity index (χ4v) is 5.25. The predicted molar refractivity (Wildman–Crippen MR) is 128 cm³/mol. The number of aromatic hydroxyl groups is 2. The number of aryl methyl sites for hydroxylation is 2. The van der Waals surface area contributed by atoms with Crippen LogP contribution in [0.3, 0.4) is 0 Å². The van der Waals surface area contributed by atoms with Gasteiger partial charge in [0.25, 0.3) is 5.56 Å². The van der Waals surface area contributed by atoms with E-state index < -0.39 is 0 Å². The van der Waals surface area contributed by atoms with Crippen molar-refractivity contribution in [2.24, 2.45) is 0 Å². The summed E-state index contributed by atoms with van der Waals surface area (Å²) in [5.41, 5.74) is 1.31. The molecular formula is C24H22N2O4S2. The topological polar surface area (TPSA) is 92.4 Å². The number of thiophene rings is 1. The zero-order valence-electron chi connectivity index (χ0n) is 17.4. The van der Waals surface area contributed by atoms with Crippen molar-refractivity contribution in [3.63, 3.8) is 0 Å². The molecule has 0 radical (unpaired) electrons. The molecular weight excluding hydrogens is 444 g/mol. The van der Waals surface area contributed by atoms with Crippen LogP contribution in [0, 0.1) is 0 Å². The Bertz CT molecular complexity index is 1330. The Balaban J connectivity index is 1.63. The third kappa shape index (κ3) is 4.71. The fourth-order valence-electron chi connectivity index (χ4n) is 3.32. The number of phenolic OH excluding ortho intramolecular Hbond substituents is 2. The Morgan fingerprint density at radius 2 is 1.88 bits per heavy atom. The summed E-state index contributed by atoms with van der Waals surface area (Å²) in [6, 6.07) is 15.8. The lowest BCUT2D eigenvalue weighted by Gasteiger charge is -2.12. The van der Waals surface area contributed by atoms with Gasteiger partial charge in [-0.2, -0.15) is 0 Å². The number of ketones is 1. The van der Waals surface area contributed by atoms with Crippen molar-refractivity contribution in [2.75, 3.05) is 5.75 Å². The molecule has 2 heterocycles. The van der Waals surface area contributed by atoms with E-state index in [0.717, 1.165) is 16.9 Å². The molecule has 8 heteroatoms. The average molecular weight is 467 g/mol. The monoisotopic (exact) mass is 466 g/mol. The molecule has 0 bridgehead atoms. The minimum absolute atomic E-state index is 0.0551. The number of rotatable bonds is 8. The summed E-state index contributed by atoms with van der Waals surface area (Å²) in [6.45, 7) is 2.50. The standard InChI is InChI=1S/C24H22N2O4S2/c1-2-17-13-18-22(32-17)25-24(26(23(18)30)11-10-15-6-4-3-5-7-15)31-14-21(29)16-8-9-19(27)20(28)12-16/h3-9,12-13,27-28H,2,10-11,14H2,1H3. The lowest BCUT2D eigenvalue weighted by atomic mass is 10.1. The van der Waals surface area contributed by atoms with Gasteiger partial charge in [-0.3, -0.25) is 14.2 Å². The number of benzene rings is 2. The molecule has 0 saturated heterocycles. The van der Waals surface area contributed by atoms with Crippen LogP contribution in [0.4, 0.5) is 0 Å². The molecule has 0 amide bonds. The Morgan fingerprint density at radius 1 is 1.09 bits per heavy atom. The number of hydrogen-bond acceptors (Lipinski definition) is 7. The van der Waals surface area contributed by atoms with Gasteiger partial charge in [0, 0.05) is 17.0 Å². The van der Waals surface area contributed by atoms with Crippen molar-refractivity contribution in [3.8, 4) is 11.5 Å². The summed E-state index contributed by atoms with van der Waals surface area (Å²) >= 11 is 2.71. The molecule has 0 spiro atoms. The van der Waals surface area contributed by atoms with E-state index in [0.29, 0.717) is 28.3 Å². The molecule has 2 N–H and O–H groups in total. The van der Waals surface area contributed by atoms with Gasteiger partial charge in [0.15, 0.2) is 22.4 Å². The highest BCUT2D eigenvalue weighted by Crippen LogP contribution is 2.28. The maximum Gasteiger partial charge on any atom is 0.262 e. The Kier molecular flexibility index (Phi) is 6.62. The fraction of sp³-hybridized carbons (Fsp3) is 0.208. The second kappa shape index (κ2) is 9.58. The van der Waals surface area contributed by atoms with Crippen LogP contribution >= 0.6 is 23.1 Å². The van der Waals surface area contributed by atoms with Crippen molar-refractivity contribution >= 4 is 39.1 Å². The van der Waals surface area contributed by atoms with Crippen LogP contribution in [0.25, 0.3) is 10.2 Å². The quantitative estimate of drug-likeness (QED) is 0.170. The Hall–Kier alpha value is -3.10. The first-order chi connectivity index (χ1) is 15.5. The zero-order valence-corrected chi connectivity index (χ0v) is 19.1. The van der Waals surface area contributed by atoms with Crippen LogP contribution in [-0.2, 0) is 19.4 Å². The van der Waals surface area contributed by atoms with Gasteiger partial charge in [0.1, 0.15) is 4.83 Å². The molecule has 6 nitrogen and oxygen atoms in total. The van der Waals surface area contributed by atoms with E-state index >= 15 is 0 Å². The first kappa shape index (κ1) is 22.1. The second-order valence-electron chi connectivity index (χ2n) is 7.29. The normalized spacial score (nSPS) is 11.2. The SMILES string of the molecule is CCc1cc2c(=O)n(CCc3ccccc3)c(SCC(=O)c3ccc(O)c(O)c3)nc2s1. The number of hydrogen-bond donors (Lipinski definition) is 2. The average Bonchev–Trinajstić information content (AvgIpc) is 3.23. The van der Waals surface area contributed by atoms with Gasteiger partial charge in [-0.05, 0) is 42.7 Å². The maximum absolute atomic E-state index is 13.3. The molecule has 2 aromatic heterocycles. The summed E-state index contributed by atoms with van der Waals surface area (Å²) in [6.07, 6.45) is 1.50. The van der Waals surface area contributed by atoms with E-state index in [1.807, 2.05) is 43.3 Å². The largest absolute Gasteiger partial charge is 0.504 e. The minimum Gasteiger partial charge on any atom is -0.504 e. The van der Waals surface area contributed by atoms with Gasteiger partial charge in [0.2, 0.25) is 0 Å². The number of thioether (sulfide) groups is 1. The number of aromatic nitrogens is 2. The van der Waals surface area contributed by atoms with Crippen LogP contribution in [0.1, 0.15) is 27.7 Å².